The molecule has 0 fully saturated rings. The lowest BCUT2D eigenvalue weighted by Crippen LogP contribution is -1.78. The normalized spacial score (nSPS) is 9.40. The van der Waals surface area contributed by atoms with E-state index >= 15 is 0 Å². The van der Waals surface area contributed by atoms with Crippen LogP contribution in [-0.4, -0.2) is 6.26 Å². The molecule has 54 valence electrons. The molecule has 0 aromatic heterocycles. The zero-order valence-corrected chi connectivity index (χ0v) is 7.91. The fourth-order valence-electron chi connectivity index (χ4n) is 0.602. The third-order valence-corrected chi connectivity index (χ3v) is 2.01. The summed E-state index contributed by atoms with van der Waals surface area (Å²) in [7, 11) is 0. The van der Waals surface area contributed by atoms with Gasteiger partial charge in [-0.25, -0.2) is 0 Å². The van der Waals surface area contributed by atoms with Crippen molar-refractivity contribution in [1.29, 1.82) is 0 Å². The molecule has 10 heavy (non-hydrogen) atoms. The van der Waals surface area contributed by atoms with E-state index < -0.39 is 0 Å². The molecule has 1 nitrogen and oxygen atoms in total. The quantitative estimate of drug-likeness (QED) is 0.706. The minimum Gasteiger partial charge on any atom is -0.425 e. The van der Waals surface area contributed by atoms with E-state index in [1.54, 1.807) is 0 Å². The van der Waals surface area contributed by atoms with Gasteiger partial charge in [0, 0.05) is 6.26 Å². The van der Waals surface area contributed by atoms with Gasteiger partial charge in [-0.2, -0.15) is 0 Å². The Hall–Kier alpha value is -0.150. The van der Waals surface area contributed by atoms with Crippen LogP contribution in [0, 0.1) is 0 Å². The summed E-state index contributed by atoms with van der Waals surface area (Å²) in [5.74, 6) is 0.870. The van der Waals surface area contributed by atoms with Crippen molar-refractivity contribution < 1.29 is 4.18 Å². The van der Waals surface area contributed by atoms with Crippen molar-refractivity contribution in [2.45, 2.75) is 0 Å². The molecule has 0 atom stereocenters. The molecule has 0 aliphatic carbocycles. The van der Waals surface area contributed by atoms with Crippen molar-refractivity contribution >= 4 is 28.0 Å². The standard InChI is InChI=1S/C7H7BrOS/c1-10-9-7-5-3-2-4-6(7)8/h2-5H,1H3. The third-order valence-electron chi connectivity index (χ3n) is 1.01. The second kappa shape index (κ2) is 3.88. The molecule has 0 spiro atoms. The smallest absolute Gasteiger partial charge is 0.151 e. The van der Waals surface area contributed by atoms with Crippen LogP contribution in [0.25, 0.3) is 0 Å². The van der Waals surface area contributed by atoms with Crippen LogP contribution in [0.15, 0.2) is 28.7 Å². The zero-order valence-electron chi connectivity index (χ0n) is 5.50. The molecule has 1 aromatic rings. The van der Waals surface area contributed by atoms with Crippen molar-refractivity contribution in [1.82, 2.24) is 0 Å². The van der Waals surface area contributed by atoms with Crippen molar-refractivity contribution in [3.63, 3.8) is 0 Å². The van der Waals surface area contributed by atoms with Crippen LogP contribution in [0.1, 0.15) is 0 Å². The molecular weight excluding hydrogens is 212 g/mol. The van der Waals surface area contributed by atoms with Gasteiger partial charge >= 0.3 is 0 Å². The van der Waals surface area contributed by atoms with Gasteiger partial charge < -0.3 is 4.18 Å². The molecule has 0 heterocycles. The molecule has 1 rings (SSSR count). The maximum absolute atomic E-state index is 5.21. The minimum atomic E-state index is 0.870. The maximum atomic E-state index is 5.21. The van der Waals surface area contributed by atoms with Crippen LogP contribution in [0.5, 0.6) is 5.75 Å². The molecule has 0 aliphatic rings. The highest BCUT2D eigenvalue weighted by Gasteiger charge is 1.96. The van der Waals surface area contributed by atoms with Gasteiger partial charge in [0.1, 0.15) is 0 Å². The van der Waals surface area contributed by atoms with Crippen LogP contribution in [0.3, 0.4) is 0 Å². The lowest BCUT2D eigenvalue weighted by molar-refractivity contribution is 0.646. The molecule has 0 saturated heterocycles. The predicted molar refractivity (Wildman–Crippen MR) is 48.3 cm³/mol. The Bertz CT molecular complexity index is 215. The number of rotatable bonds is 2. The van der Waals surface area contributed by atoms with Gasteiger partial charge in [0.2, 0.25) is 0 Å². The summed E-state index contributed by atoms with van der Waals surface area (Å²) in [6, 6.07) is 7.76. The van der Waals surface area contributed by atoms with Crippen LogP contribution in [0.4, 0.5) is 0 Å². The van der Waals surface area contributed by atoms with Gasteiger partial charge in [-0.15, -0.1) is 0 Å². The molecule has 0 aliphatic heterocycles. The number of halogens is 1. The first-order valence-electron chi connectivity index (χ1n) is 2.80. The first-order valence-corrected chi connectivity index (χ1v) is 4.74. The Labute approximate surface area is 73.1 Å². The lowest BCUT2D eigenvalue weighted by atomic mass is 10.3. The lowest BCUT2D eigenvalue weighted by Gasteiger charge is -2.01. The van der Waals surface area contributed by atoms with Crippen LogP contribution in [0.2, 0.25) is 0 Å². The van der Waals surface area contributed by atoms with E-state index in [4.69, 9.17) is 4.18 Å². The number of para-hydroxylation sites is 1. The second-order valence-electron chi connectivity index (χ2n) is 1.68. The summed E-state index contributed by atoms with van der Waals surface area (Å²) in [4.78, 5) is 0. The average Bonchev–Trinajstić information content (AvgIpc) is 1.94. The fourth-order valence-corrected chi connectivity index (χ4v) is 1.40. The summed E-state index contributed by atoms with van der Waals surface area (Å²) >= 11 is 4.70. The Morgan fingerprint density at radius 1 is 1.40 bits per heavy atom. The molecule has 3 heteroatoms. The van der Waals surface area contributed by atoms with Crippen LogP contribution in [-0.2, 0) is 0 Å². The summed E-state index contributed by atoms with van der Waals surface area (Å²) < 4.78 is 6.20. The molecule has 0 unspecified atom stereocenters. The SMILES string of the molecule is CSOc1ccccc1Br. The van der Waals surface area contributed by atoms with E-state index in [1.807, 2.05) is 30.5 Å². The molecule has 1 aromatic carbocycles. The Kier molecular flexibility index (Phi) is 3.09. The van der Waals surface area contributed by atoms with Gasteiger partial charge in [-0.3, -0.25) is 0 Å². The molecular formula is C7H7BrOS. The zero-order chi connectivity index (χ0) is 7.40. The summed E-state index contributed by atoms with van der Waals surface area (Å²) in [6.45, 7) is 0. The van der Waals surface area contributed by atoms with E-state index in [2.05, 4.69) is 15.9 Å². The Morgan fingerprint density at radius 3 is 2.70 bits per heavy atom. The van der Waals surface area contributed by atoms with Gasteiger partial charge in [-0.1, -0.05) is 12.1 Å². The van der Waals surface area contributed by atoms with Gasteiger partial charge in [0.15, 0.2) is 5.75 Å². The highest BCUT2D eigenvalue weighted by molar-refractivity contribution is 9.10. The van der Waals surface area contributed by atoms with Crippen molar-refractivity contribution in [3.8, 4) is 5.75 Å². The largest absolute Gasteiger partial charge is 0.425 e. The fraction of sp³-hybridized carbons (Fsp3) is 0.143. The number of hydrogen-bond acceptors (Lipinski definition) is 2. The van der Waals surface area contributed by atoms with Crippen LogP contribution < -0.4 is 4.18 Å². The average molecular weight is 219 g/mol. The number of hydrogen-bond donors (Lipinski definition) is 0. The second-order valence-corrected chi connectivity index (χ2v) is 3.03. The number of benzene rings is 1. The highest BCUT2D eigenvalue weighted by atomic mass is 79.9. The predicted octanol–water partition coefficient (Wildman–Crippen LogP) is 3.11. The van der Waals surface area contributed by atoms with Crippen molar-refractivity contribution in [2.75, 3.05) is 6.26 Å². The summed E-state index contributed by atoms with van der Waals surface area (Å²) in [5.41, 5.74) is 0. The summed E-state index contributed by atoms with van der Waals surface area (Å²) in [5, 5.41) is 0. The molecule has 0 radical (unpaired) electrons. The molecule has 0 saturated carbocycles. The molecule has 0 amide bonds. The van der Waals surface area contributed by atoms with E-state index in [-0.39, 0.29) is 0 Å². The van der Waals surface area contributed by atoms with Crippen molar-refractivity contribution in [3.05, 3.63) is 28.7 Å². The van der Waals surface area contributed by atoms with Gasteiger partial charge in [0.25, 0.3) is 0 Å². The Morgan fingerprint density at radius 2 is 2.10 bits per heavy atom. The van der Waals surface area contributed by atoms with Crippen molar-refractivity contribution in [2.24, 2.45) is 0 Å². The molecule has 0 N–H and O–H groups in total. The first-order chi connectivity index (χ1) is 4.84. The maximum Gasteiger partial charge on any atom is 0.151 e. The van der Waals surface area contributed by atoms with E-state index in [0.29, 0.717) is 0 Å². The van der Waals surface area contributed by atoms with E-state index in [1.165, 1.54) is 12.0 Å². The van der Waals surface area contributed by atoms with Gasteiger partial charge in [-0.05, 0) is 28.1 Å². The van der Waals surface area contributed by atoms with E-state index in [9.17, 15) is 0 Å². The third kappa shape index (κ3) is 1.92. The Balaban J connectivity index is 2.81. The van der Waals surface area contributed by atoms with Crippen LogP contribution >= 0.6 is 28.0 Å². The molecule has 0 bridgehead atoms. The monoisotopic (exact) mass is 218 g/mol. The first kappa shape index (κ1) is 7.95. The minimum absolute atomic E-state index is 0.870. The summed E-state index contributed by atoms with van der Waals surface area (Å²) in [6.07, 6.45) is 1.89. The van der Waals surface area contributed by atoms with E-state index in [0.717, 1.165) is 10.2 Å². The van der Waals surface area contributed by atoms with Gasteiger partial charge in [0.05, 0.1) is 16.5 Å². The highest BCUT2D eigenvalue weighted by Crippen LogP contribution is 2.25. The topological polar surface area (TPSA) is 9.23 Å².